The molecule has 0 atom stereocenters. The highest BCUT2D eigenvalue weighted by Crippen LogP contribution is 2.31. The predicted molar refractivity (Wildman–Crippen MR) is 97.5 cm³/mol. The Bertz CT molecular complexity index is 1230. The molecule has 0 unspecified atom stereocenters. The second-order valence-corrected chi connectivity index (χ2v) is 6.99. The van der Waals surface area contributed by atoms with Crippen LogP contribution in [0.4, 0.5) is 0 Å². The molecule has 4 rings (SSSR count). The first-order chi connectivity index (χ1) is 12.6. The van der Waals surface area contributed by atoms with Gasteiger partial charge in [-0.1, -0.05) is 29.5 Å². The third kappa shape index (κ3) is 2.63. The molecule has 0 saturated heterocycles. The minimum Gasteiger partial charge on any atom is -0.492 e. The number of carbonyl (C=O) groups excluding carboxylic acids is 2. The van der Waals surface area contributed by atoms with E-state index in [9.17, 15) is 14.7 Å². The SMILES string of the molecule is O=C1N=c2ccccc2=C1c1sc(=S)n(NC(=O)c2cccnc2)c1O. The van der Waals surface area contributed by atoms with Crippen LogP contribution in [0, 0.1) is 3.95 Å². The van der Waals surface area contributed by atoms with Crippen molar-refractivity contribution in [2.75, 3.05) is 5.43 Å². The summed E-state index contributed by atoms with van der Waals surface area (Å²) in [7, 11) is 0. The van der Waals surface area contributed by atoms with Crippen LogP contribution in [-0.4, -0.2) is 26.6 Å². The van der Waals surface area contributed by atoms with Gasteiger partial charge in [-0.05, 0) is 30.4 Å². The van der Waals surface area contributed by atoms with E-state index >= 15 is 0 Å². The van der Waals surface area contributed by atoms with E-state index in [-0.39, 0.29) is 20.3 Å². The van der Waals surface area contributed by atoms with Gasteiger partial charge in [0.05, 0.1) is 16.5 Å². The van der Waals surface area contributed by atoms with Crippen molar-refractivity contribution in [3.8, 4) is 5.88 Å². The van der Waals surface area contributed by atoms with E-state index in [1.54, 1.807) is 42.6 Å². The van der Waals surface area contributed by atoms with Crippen LogP contribution in [0.3, 0.4) is 0 Å². The van der Waals surface area contributed by atoms with Gasteiger partial charge in [-0.3, -0.25) is 20.0 Å². The van der Waals surface area contributed by atoms with Gasteiger partial charge in [-0.25, -0.2) is 4.99 Å². The lowest BCUT2D eigenvalue weighted by Crippen LogP contribution is -2.23. The Kier molecular flexibility index (Phi) is 3.94. The van der Waals surface area contributed by atoms with Gasteiger partial charge in [0.2, 0.25) is 5.88 Å². The fourth-order valence-corrected chi connectivity index (χ4v) is 3.84. The zero-order valence-corrected chi connectivity index (χ0v) is 14.7. The number of nitrogens with one attached hydrogen (secondary N) is 1. The van der Waals surface area contributed by atoms with E-state index in [1.165, 1.54) is 6.20 Å². The molecule has 2 amide bonds. The van der Waals surface area contributed by atoms with E-state index < -0.39 is 11.8 Å². The third-order valence-corrected chi connectivity index (χ3v) is 5.14. The molecule has 0 aliphatic carbocycles. The number of rotatable bonds is 3. The molecular weight excluding hydrogens is 372 g/mol. The van der Waals surface area contributed by atoms with Gasteiger partial charge in [0.1, 0.15) is 4.88 Å². The number of pyridine rings is 1. The van der Waals surface area contributed by atoms with Crippen LogP contribution in [0.15, 0.2) is 53.8 Å². The van der Waals surface area contributed by atoms with Gasteiger partial charge in [0, 0.05) is 17.6 Å². The van der Waals surface area contributed by atoms with Crippen LogP contribution in [-0.2, 0) is 4.79 Å². The second-order valence-electron chi connectivity index (χ2n) is 5.35. The van der Waals surface area contributed by atoms with Crippen molar-refractivity contribution in [3.05, 3.63) is 73.8 Å². The average molecular weight is 382 g/mol. The topological polar surface area (TPSA) is 96.6 Å². The maximum Gasteiger partial charge on any atom is 0.279 e. The van der Waals surface area contributed by atoms with Crippen molar-refractivity contribution >= 4 is 40.9 Å². The monoisotopic (exact) mass is 382 g/mol. The van der Waals surface area contributed by atoms with E-state index in [4.69, 9.17) is 12.2 Å². The molecule has 0 spiro atoms. The predicted octanol–water partition coefficient (Wildman–Crippen LogP) is 1.12. The average Bonchev–Trinajstić information content (AvgIpc) is 3.12. The Labute approximate surface area is 155 Å². The number of carbonyl (C=O) groups is 2. The molecule has 2 aromatic heterocycles. The van der Waals surface area contributed by atoms with E-state index in [0.29, 0.717) is 16.1 Å². The van der Waals surface area contributed by atoms with E-state index in [2.05, 4.69) is 15.4 Å². The molecule has 1 aliphatic rings. The van der Waals surface area contributed by atoms with Crippen LogP contribution in [0.2, 0.25) is 0 Å². The second kappa shape index (κ2) is 6.28. The zero-order valence-electron chi connectivity index (χ0n) is 13.0. The molecule has 0 bridgehead atoms. The lowest BCUT2D eigenvalue weighted by Gasteiger charge is -2.07. The van der Waals surface area contributed by atoms with Gasteiger partial charge >= 0.3 is 0 Å². The van der Waals surface area contributed by atoms with Crippen LogP contribution in [0.1, 0.15) is 15.2 Å². The van der Waals surface area contributed by atoms with Gasteiger partial charge in [0.25, 0.3) is 11.8 Å². The van der Waals surface area contributed by atoms with Crippen molar-refractivity contribution in [3.63, 3.8) is 0 Å². The highest BCUT2D eigenvalue weighted by Gasteiger charge is 2.25. The highest BCUT2D eigenvalue weighted by molar-refractivity contribution is 7.73. The van der Waals surface area contributed by atoms with Crippen molar-refractivity contribution in [1.82, 2.24) is 9.66 Å². The van der Waals surface area contributed by atoms with Crippen molar-refractivity contribution in [2.24, 2.45) is 4.99 Å². The fourth-order valence-electron chi connectivity index (χ4n) is 2.57. The summed E-state index contributed by atoms with van der Waals surface area (Å²) in [5, 5.41) is 11.7. The first-order valence-electron chi connectivity index (χ1n) is 7.45. The van der Waals surface area contributed by atoms with Crippen LogP contribution in [0.25, 0.3) is 5.57 Å². The number of aromatic nitrogens is 2. The lowest BCUT2D eigenvalue weighted by atomic mass is 10.1. The Morgan fingerprint density at radius 1 is 1.23 bits per heavy atom. The molecule has 9 heteroatoms. The summed E-state index contributed by atoms with van der Waals surface area (Å²) in [4.78, 5) is 32.7. The number of hydrogen-bond donors (Lipinski definition) is 2. The summed E-state index contributed by atoms with van der Waals surface area (Å²) < 4.78 is 1.27. The summed E-state index contributed by atoms with van der Waals surface area (Å²) in [5.41, 5.74) is 3.09. The van der Waals surface area contributed by atoms with Crippen molar-refractivity contribution in [2.45, 2.75) is 0 Å². The van der Waals surface area contributed by atoms with Gasteiger partial charge in [-0.15, -0.1) is 0 Å². The standard InChI is InChI=1S/C17H10N4O3S2/c22-14(9-4-3-7-18-8-9)20-21-16(24)13(26-17(21)25)12-10-5-1-2-6-11(10)19-15(12)23/h1-8,24H,(H,20,22). The number of hydrogen-bond acceptors (Lipinski definition) is 6. The zero-order chi connectivity index (χ0) is 18.3. The number of benzene rings is 1. The molecule has 0 radical (unpaired) electrons. The van der Waals surface area contributed by atoms with Gasteiger partial charge in [-0.2, -0.15) is 4.68 Å². The summed E-state index contributed by atoms with van der Waals surface area (Å²) >= 11 is 6.26. The Morgan fingerprint density at radius 3 is 2.81 bits per heavy atom. The molecule has 26 heavy (non-hydrogen) atoms. The molecule has 1 aromatic carbocycles. The maximum atomic E-state index is 12.3. The largest absolute Gasteiger partial charge is 0.492 e. The number of aromatic hydroxyl groups is 1. The van der Waals surface area contributed by atoms with E-state index in [1.807, 2.05) is 0 Å². The van der Waals surface area contributed by atoms with Crippen LogP contribution in [0.5, 0.6) is 5.88 Å². The maximum absolute atomic E-state index is 12.3. The minimum absolute atomic E-state index is 0.194. The van der Waals surface area contributed by atoms with Crippen molar-refractivity contribution in [1.29, 1.82) is 0 Å². The molecule has 2 N–H and O–H groups in total. The third-order valence-electron chi connectivity index (χ3n) is 3.76. The summed E-state index contributed by atoms with van der Waals surface area (Å²) in [6, 6.07) is 10.2. The molecule has 0 fully saturated rings. The van der Waals surface area contributed by atoms with Crippen LogP contribution >= 0.6 is 23.6 Å². The minimum atomic E-state index is -0.485. The molecule has 3 aromatic rings. The number of nitrogens with zero attached hydrogens (tertiary/aromatic N) is 3. The Balaban J connectivity index is 1.80. The lowest BCUT2D eigenvalue weighted by molar-refractivity contribution is -0.112. The molecule has 128 valence electrons. The van der Waals surface area contributed by atoms with E-state index in [0.717, 1.165) is 16.0 Å². The fraction of sp³-hybridized carbons (Fsp3) is 0. The molecule has 1 aliphatic heterocycles. The van der Waals surface area contributed by atoms with Crippen LogP contribution < -0.4 is 16.0 Å². The van der Waals surface area contributed by atoms with Gasteiger partial charge < -0.3 is 5.11 Å². The quantitative estimate of drug-likeness (QED) is 0.662. The molecule has 7 nitrogen and oxygen atoms in total. The number of para-hydroxylation sites is 1. The summed E-state index contributed by atoms with van der Waals surface area (Å²) in [6.07, 6.45) is 2.94. The van der Waals surface area contributed by atoms with Gasteiger partial charge in [0.15, 0.2) is 3.95 Å². The Morgan fingerprint density at radius 2 is 2.04 bits per heavy atom. The number of fused-ring (bicyclic) bond motifs is 1. The summed E-state index contributed by atoms with van der Waals surface area (Å²) in [5.74, 6) is -1.25. The van der Waals surface area contributed by atoms with Crippen molar-refractivity contribution < 1.29 is 14.7 Å². The molecule has 0 saturated carbocycles. The highest BCUT2D eigenvalue weighted by atomic mass is 32.1. The normalized spacial score (nSPS) is 12.6. The molecular formula is C17H10N4O3S2. The molecule has 3 heterocycles. The first kappa shape index (κ1) is 16.3. The number of thiazole rings is 1. The Hall–Kier alpha value is -3.17. The smallest absolute Gasteiger partial charge is 0.279 e. The number of amides is 2. The summed E-state index contributed by atoms with van der Waals surface area (Å²) in [6.45, 7) is 0. The first-order valence-corrected chi connectivity index (χ1v) is 8.67.